The van der Waals surface area contributed by atoms with Crippen LogP contribution in [0.2, 0.25) is 0 Å². The zero-order valence-electron chi connectivity index (χ0n) is 22.4. The Morgan fingerprint density at radius 3 is 2.44 bits per heavy atom. The Morgan fingerprint density at radius 2 is 1.79 bits per heavy atom. The quantitative estimate of drug-likeness (QED) is 0.300. The van der Waals surface area contributed by atoms with Gasteiger partial charge >= 0.3 is 6.03 Å². The van der Waals surface area contributed by atoms with Crippen LogP contribution in [0.5, 0.6) is 28.7 Å². The maximum Gasteiger partial charge on any atom is 0.315 e. The van der Waals surface area contributed by atoms with Gasteiger partial charge in [-0.2, -0.15) is 0 Å². The first-order valence-corrected chi connectivity index (χ1v) is 13.3. The number of urea groups is 1. The number of rotatable bonds is 9. The van der Waals surface area contributed by atoms with Gasteiger partial charge in [-0.1, -0.05) is 6.92 Å². The predicted octanol–water partition coefficient (Wildman–Crippen LogP) is 2.72. The van der Waals surface area contributed by atoms with Crippen LogP contribution in [-0.2, 0) is 4.74 Å². The van der Waals surface area contributed by atoms with Crippen LogP contribution in [0.15, 0.2) is 24.3 Å². The van der Waals surface area contributed by atoms with E-state index in [9.17, 15) is 15.0 Å². The fourth-order valence-electron chi connectivity index (χ4n) is 5.97. The lowest BCUT2D eigenvalue weighted by Crippen LogP contribution is -2.46. The van der Waals surface area contributed by atoms with Gasteiger partial charge < -0.3 is 50.3 Å². The fourth-order valence-corrected chi connectivity index (χ4v) is 5.97. The van der Waals surface area contributed by atoms with E-state index in [1.165, 1.54) is 14.2 Å². The summed E-state index contributed by atoms with van der Waals surface area (Å²) in [6.45, 7) is 2.89. The van der Waals surface area contributed by atoms with Crippen molar-refractivity contribution in [1.29, 1.82) is 0 Å². The normalized spacial score (nSPS) is 25.4. The molecule has 1 saturated heterocycles. The number of carbonyl (C=O) groups is 1. The van der Waals surface area contributed by atoms with Crippen LogP contribution in [0.3, 0.4) is 0 Å². The number of aliphatic hydroxyl groups excluding tert-OH is 1. The summed E-state index contributed by atoms with van der Waals surface area (Å²) < 4.78 is 28.0. The highest BCUT2D eigenvalue weighted by molar-refractivity contribution is 5.75. The number of ether oxygens (including phenoxy) is 5. The van der Waals surface area contributed by atoms with E-state index in [-0.39, 0.29) is 54.6 Å². The second-order valence-corrected chi connectivity index (χ2v) is 10.2. The molecule has 2 unspecified atom stereocenters. The summed E-state index contributed by atoms with van der Waals surface area (Å²) in [6, 6.07) is 6.63. The Kier molecular flexibility index (Phi) is 7.92. The van der Waals surface area contributed by atoms with E-state index in [1.54, 1.807) is 12.1 Å². The van der Waals surface area contributed by atoms with Crippen molar-refractivity contribution in [3.63, 3.8) is 0 Å². The Balaban J connectivity index is 1.52. The van der Waals surface area contributed by atoms with E-state index in [4.69, 9.17) is 29.4 Å². The molecule has 11 nitrogen and oxygen atoms in total. The molecule has 6 atom stereocenters. The Morgan fingerprint density at radius 1 is 1.13 bits per heavy atom. The molecule has 1 fully saturated rings. The summed E-state index contributed by atoms with van der Waals surface area (Å²) >= 11 is 0. The molecule has 5 rings (SSSR count). The van der Waals surface area contributed by atoms with Gasteiger partial charge in [-0.25, -0.2) is 4.79 Å². The van der Waals surface area contributed by atoms with Gasteiger partial charge in [0.25, 0.3) is 0 Å². The highest BCUT2D eigenvalue weighted by Gasteiger charge is 2.52. The largest absolute Gasteiger partial charge is 0.502 e. The Hall–Kier alpha value is -3.41. The number of aromatic hydroxyl groups is 1. The number of fused-ring (bicyclic) bond motifs is 3. The van der Waals surface area contributed by atoms with E-state index in [0.29, 0.717) is 18.0 Å². The smallest absolute Gasteiger partial charge is 0.315 e. The van der Waals surface area contributed by atoms with Gasteiger partial charge in [0.05, 0.1) is 26.9 Å². The minimum atomic E-state index is -1.08. The second-order valence-electron chi connectivity index (χ2n) is 10.2. The minimum Gasteiger partial charge on any atom is -0.502 e. The monoisotopic (exact) mass is 543 g/mol. The van der Waals surface area contributed by atoms with E-state index >= 15 is 0 Å². The minimum absolute atomic E-state index is 0.0980. The molecular formula is C28H37N3O8. The SMILES string of the molecule is CCC(N)CCCNC(=O)N[C@@H]1c2cc3c(cc2[C@@H](c2cc(OC)c(O)c(OC)c2)[C@H]2C(O)OC[C@@H]21)OCO3. The van der Waals surface area contributed by atoms with E-state index in [0.717, 1.165) is 36.0 Å². The third-order valence-corrected chi connectivity index (χ3v) is 8.05. The first kappa shape index (κ1) is 27.2. The topological polar surface area (TPSA) is 154 Å². The van der Waals surface area contributed by atoms with Crippen molar-refractivity contribution in [3.8, 4) is 28.7 Å². The van der Waals surface area contributed by atoms with Crippen LogP contribution >= 0.6 is 0 Å². The van der Waals surface area contributed by atoms with Gasteiger partial charge in [0.15, 0.2) is 29.3 Å². The lowest BCUT2D eigenvalue weighted by Gasteiger charge is -2.41. The van der Waals surface area contributed by atoms with Crippen LogP contribution in [0.1, 0.15) is 54.8 Å². The van der Waals surface area contributed by atoms with Gasteiger partial charge in [0.1, 0.15) is 0 Å². The maximum atomic E-state index is 13.0. The number of nitrogens with one attached hydrogen (secondary N) is 2. The highest BCUT2D eigenvalue weighted by Crippen LogP contribution is 2.56. The van der Waals surface area contributed by atoms with Gasteiger partial charge in [-0.3, -0.25) is 0 Å². The average molecular weight is 544 g/mol. The standard InChI is InChI=1S/C28H37N3O8/c1-4-15(29)6-5-7-30-28(34)31-25-17-11-20-19(38-13-39-20)10-16(17)23(24-18(25)12-37-27(24)33)14-8-21(35-2)26(32)22(9-14)36-3/h8-11,15,18,23-25,27,32-33H,4-7,12-13,29H2,1-3H3,(H2,30,31,34)/t15?,18-,23+,24-,25+,27?/m0/s1. The molecule has 0 bridgehead atoms. The number of hydrogen-bond donors (Lipinski definition) is 5. The molecule has 2 heterocycles. The molecule has 2 aromatic rings. The molecule has 3 aliphatic rings. The average Bonchev–Trinajstić information content (AvgIpc) is 3.56. The molecule has 212 valence electrons. The van der Waals surface area contributed by atoms with Crippen LogP contribution in [0.25, 0.3) is 0 Å². The molecule has 11 heteroatoms. The molecule has 0 radical (unpaired) electrons. The number of methoxy groups -OCH3 is 2. The summed E-state index contributed by atoms with van der Waals surface area (Å²) in [5, 5.41) is 27.6. The predicted molar refractivity (Wildman–Crippen MR) is 141 cm³/mol. The van der Waals surface area contributed by atoms with Crippen LogP contribution in [0.4, 0.5) is 4.79 Å². The van der Waals surface area contributed by atoms with Crippen LogP contribution in [0, 0.1) is 11.8 Å². The fraction of sp³-hybridized carbons (Fsp3) is 0.536. The molecule has 0 spiro atoms. The lowest BCUT2D eigenvalue weighted by atomic mass is 9.65. The molecule has 1 aliphatic carbocycles. The summed E-state index contributed by atoms with van der Waals surface area (Å²) in [7, 11) is 2.94. The van der Waals surface area contributed by atoms with Crippen molar-refractivity contribution < 1.29 is 38.7 Å². The molecule has 0 saturated carbocycles. The molecule has 6 N–H and O–H groups in total. The molecule has 39 heavy (non-hydrogen) atoms. The van der Waals surface area contributed by atoms with E-state index in [1.807, 2.05) is 19.1 Å². The van der Waals surface area contributed by atoms with Crippen molar-refractivity contribution >= 4 is 6.03 Å². The number of carbonyl (C=O) groups excluding carboxylic acids is 1. The Bertz CT molecular complexity index is 1180. The number of aliphatic hydroxyl groups is 1. The highest BCUT2D eigenvalue weighted by atomic mass is 16.7. The van der Waals surface area contributed by atoms with Gasteiger partial charge in [0, 0.05) is 30.3 Å². The third kappa shape index (κ3) is 5.13. The van der Waals surface area contributed by atoms with Crippen molar-refractivity contribution in [3.05, 3.63) is 41.0 Å². The zero-order chi connectivity index (χ0) is 27.7. The zero-order valence-corrected chi connectivity index (χ0v) is 22.4. The van der Waals surface area contributed by atoms with E-state index < -0.39 is 18.2 Å². The number of phenols is 1. The molecule has 2 amide bonds. The lowest BCUT2D eigenvalue weighted by molar-refractivity contribution is -0.0855. The number of nitrogens with two attached hydrogens (primary N) is 1. The summed E-state index contributed by atoms with van der Waals surface area (Å²) in [6.07, 6.45) is 1.43. The van der Waals surface area contributed by atoms with Crippen LogP contribution < -0.4 is 35.3 Å². The molecule has 2 aliphatic heterocycles. The van der Waals surface area contributed by atoms with Crippen molar-refractivity contribution in [1.82, 2.24) is 10.6 Å². The number of amides is 2. The summed E-state index contributed by atoms with van der Waals surface area (Å²) in [5.74, 6) is 0.523. The van der Waals surface area contributed by atoms with E-state index in [2.05, 4.69) is 10.6 Å². The van der Waals surface area contributed by atoms with Crippen molar-refractivity contribution in [2.75, 3.05) is 34.2 Å². The summed E-state index contributed by atoms with van der Waals surface area (Å²) in [4.78, 5) is 13.0. The number of benzene rings is 2. The number of hydrogen-bond acceptors (Lipinski definition) is 9. The second kappa shape index (κ2) is 11.4. The molecule has 0 aromatic heterocycles. The first-order chi connectivity index (χ1) is 18.9. The van der Waals surface area contributed by atoms with Crippen molar-refractivity contribution in [2.24, 2.45) is 17.6 Å². The summed E-state index contributed by atoms with van der Waals surface area (Å²) in [5.41, 5.74) is 8.45. The molecular weight excluding hydrogens is 506 g/mol. The van der Waals surface area contributed by atoms with Crippen LogP contribution in [-0.4, -0.2) is 62.7 Å². The van der Waals surface area contributed by atoms with Gasteiger partial charge in [0.2, 0.25) is 12.5 Å². The Labute approximate surface area is 227 Å². The first-order valence-electron chi connectivity index (χ1n) is 13.3. The van der Waals surface area contributed by atoms with Gasteiger partial charge in [-0.05, 0) is 60.2 Å². The maximum absolute atomic E-state index is 13.0. The van der Waals surface area contributed by atoms with Crippen molar-refractivity contribution in [2.45, 2.75) is 50.5 Å². The van der Waals surface area contributed by atoms with Gasteiger partial charge in [-0.15, -0.1) is 0 Å². The number of phenolic OH excluding ortho intramolecular Hbond substituents is 1. The third-order valence-electron chi connectivity index (χ3n) is 8.05. The molecule has 2 aromatic carbocycles.